The highest BCUT2D eigenvalue weighted by Crippen LogP contribution is 2.51. The van der Waals surface area contributed by atoms with Crippen LogP contribution in [0, 0.1) is 13.8 Å². The van der Waals surface area contributed by atoms with Crippen molar-refractivity contribution in [1.82, 2.24) is 0 Å². The van der Waals surface area contributed by atoms with Gasteiger partial charge < -0.3 is 14.7 Å². The van der Waals surface area contributed by atoms with E-state index in [1.54, 1.807) is 0 Å². The van der Waals surface area contributed by atoms with Crippen molar-refractivity contribution in [2.75, 3.05) is 18.5 Å². The van der Waals surface area contributed by atoms with Crippen LogP contribution in [0.1, 0.15) is 94.9 Å². The summed E-state index contributed by atoms with van der Waals surface area (Å²) in [5.41, 5.74) is 7.85. The Labute approximate surface area is 367 Å². The summed E-state index contributed by atoms with van der Waals surface area (Å²) in [5, 5.41) is 21.8. The number of carboxylic acid groups (broad SMARTS) is 1. The Kier molecular flexibility index (Phi) is 13.8. The SMILES string of the molecule is Cc1cc(S(=O)(=O)O)cc2c1N(CCCCCC(=O)O)/C(=C/C=C1\CCCC(/C=C/C3=[N+](C)c4c(C)cc(SOOO)cc4C3(C)C)=C1Oc1ccc(S(=O)(=O)O)cc1)C2(C)C. The quantitative estimate of drug-likeness (QED) is 0.0264. The van der Waals surface area contributed by atoms with Crippen molar-refractivity contribution >= 4 is 55.3 Å². The van der Waals surface area contributed by atoms with Gasteiger partial charge >= 0.3 is 5.97 Å². The van der Waals surface area contributed by atoms with Gasteiger partial charge in [-0.3, -0.25) is 13.9 Å². The van der Waals surface area contributed by atoms with E-state index in [2.05, 4.69) is 34.4 Å². The van der Waals surface area contributed by atoms with Gasteiger partial charge in [-0.1, -0.05) is 31.4 Å². The number of aryl methyl sites for hydroxylation is 2. The molecule has 0 atom stereocenters. The van der Waals surface area contributed by atoms with E-state index in [0.717, 1.165) is 74.0 Å². The number of allylic oxidation sites excluding steroid dienone is 7. The minimum atomic E-state index is -4.50. The van der Waals surface area contributed by atoms with Gasteiger partial charge in [0.15, 0.2) is 5.71 Å². The molecule has 1 aliphatic carbocycles. The number of aliphatic carboxylic acids is 1. The number of benzene rings is 3. The van der Waals surface area contributed by atoms with Crippen LogP contribution in [0.3, 0.4) is 0 Å². The van der Waals surface area contributed by atoms with Crippen molar-refractivity contribution in [3.8, 4) is 5.75 Å². The van der Waals surface area contributed by atoms with Crippen molar-refractivity contribution in [3.63, 3.8) is 0 Å². The van der Waals surface area contributed by atoms with Gasteiger partial charge in [-0.25, -0.2) is 5.26 Å². The Bertz CT molecular complexity index is 2660. The van der Waals surface area contributed by atoms with Crippen LogP contribution in [0.5, 0.6) is 5.75 Å². The molecule has 0 unspecified atom stereocenters. The Morgan fingerprint density at radius 1 is 0.855 bits per heavy atom. The number of fused-ring (bicyclic) bond motifs is 2. The van der Waals surface area contributed by atoms with Crippen molar-refractivity contribution < 1.29 is 59.8 Å². The first-order valence-electron chi connectivity index (χ1n) is 20.2. The molecule has 0 spiro atoms. The Morgan fingerprint density at radius 2 is 1.55 bits per heavy atom. The molecule has 0 radical (unpaired) electrons. The third kappa shape index (κ3) is 9.80. The molecule has 6 rings (SSSR count). The summed E-state index contributed by atoms with van der Waals surface area (Å²) in [6, 6.07) is 12.5. The number of nitrogens with zero attached hydrogens (tertiary/aromatic N) is 2. The monoisotopic (exact) mass is 909 g/mol. The molecule has 0 saturated heterocycles. The van der Waals surface area contributed by atoms with Crippen LogP contribution in [0.2, 0.25) is 0 Å². The Morgan fingerprint density at radius 3 is 2.19 bits per heavy atom. The van der Waals surface area contributed by atoms with E-state index in [-0.39, 0.29) is 16.2 Å². The standard InChI is InChI=1S/C45H52N2O12S3/c1-28-24-33(60-59-58-50)26-36-41(28)46(7)38(44(36,3)4)21-15-30-12-11-13-31(43(30)57-32-17-19-34(20-18-32)61(51,52)53)16-22-39-45(5,6)37-27-35(62(54,55)56)25-29(2)42(37)47(39)23-10-8-9-14-40(48)49/h15-22,24-27H,8-14,23H2,1-7H3,(H3-,48,49,50,51,52,53,54,55,56)/p+1. The number of ether oxygens (including phenoxy) is 1. The average molecular weight is 910 g/mol. The van der Waals surface area contributed by atoms with Crippen molar-refractivity contribution in [2.24, 2.45) is 0 Å². The molecule has 3 aromatic rings. The second-order valence-electron chi connectivity index (χ2n) is 16.9. The van der Waals surface area contributed by atoms with Gasteiger partial charge in [0.1, 0.15) is 18.6 Å². The van der Waals surface area contributed by atoms with Gasteiger partial charge in [0, 0.05) is 51.9 Å². The molecule has 4 N–H and O–H groups in total. The highest BCUT2D eigenvalue weighted by molar-refractivity contribution is 7.94. The molecule has 2 heterocycles. The van der Waals surface area contributed by atoms with E-state index in [4.69, 9.17) is 14.3 Å². The van der Waals surface area contributed by atoms with Crippen LogP contribution in [-0.2, 0) is 45.2 Å². The van der Waals surface area contributed by atoms with Gasteiger partial charge in [-0.05, 0) is 143 Å². The number of carbonyl (C=O) groups is 1. The normalized spacial score (nSPS) is 18.6. The van der Waals surface area contributed by atoms with E-state index in [9.17, 15) is 35.8 Å². The maximum absolute atomic E-state index is 12.4. The maximum atomic E-state index is 12.4. The van der Waals surface area contributed by atoms with Crippen LogP contribution in [0.25, 0.3) is 0 Å². The fourth-order valence-electron chi connectivity index (χ4n) is 8.86. The first kappa shape index (κ1) is 46.9. The number of unbranched alkanes of at least 4 members (excludes halogenated alkanes) is 2. The van der Waals surface area contributed by atoms with E-state index in [1.807, 2.05) is 65.1 Å². The molecular weight excluding hydrogens is 857 g/mol. The zero-order valence-electron chi connectivity index (χ0n) is 35.8. The third-order valence-corrected chi connectivity index (χ3v) is 14.1. The van der Waals surface area contributed by atoms with Crippen molar-refractivity contribution in [2.45, 2.75) is 112 Å². The largest absolute Gasteiger partial charge is 0.481 e. The molecule has 332 valence electrons. The van der Waals surface area contributed by atoms with E-state index in [0.29, 0.717) is 55.7 Å². The molecule has 14 nitrogen and oxygen atoms in total. The van der Waals surface area contributed by atoms with Crippen LogP contribution in [-0.4, -0.2) is 66.2 Å². The summed E-state index contributed by atoms with van der Waals surface area (Å²) in [7, 11) is -6.92. The highest BCUT2D eigenvalue weighted by Gasteiger charge is 2.45. The summed E-state index contributed by atoms with van der Waals surface area (Å²) >= 11 is 0.905. The number of hydrogen-bond donors (Lipinski definition) is 4. The molecule has 0 saturated carbocycles. The van der Waals surface area contributed by atoms with Gasteiger partial charge in [0.25, 0.3) is 20.2 Å². The molecule has 17 heteroatoms. The van der Waals surface area contributed by atoms with Gasteiger partial charge in [-0.15, -0.1) is 4.33 Å². The van der Waals surface area contributed by atoms with Gasteiger partial charge in [0.05, 0.1) is 27.2 Å². The predicted octanol–water partition coefficient (Wildman–Crippen LogP) is 9.56. The smallest absolute Gasteiger partial charge is 0.303 e. The predicted molar refractivity (Wildman–Crippen MR) is 236 cm³/mol. The number of rotatable bonds is 16. The number of carboxylic acids is 1. The van der Waals surface area contributed by atoms with Crippen LogP contribution in [0.4, 0.5) is 11.4 Å². The van der Waals surface area contributed by atoms with Crippen molar-refractivity contribution in [1.29, 1.82) is 0 Å². The van der Waals surface area contributed by atoms with Crippen LogP contribution < -0.4 is 9.64 Å². The second kappa shape index (κ2) is 18.3. The number of hydrogen-bond acceptors (Lipinski definition) is 11. The van der Waals surface area contributed by atoms with E-state index < -0.39 is 37.0 Å². The first-order chi connectivity index (χ1) is 29.0. The lowest BCUT2D eigenvalue weighted by Gasteiger charge is -2.28. The fourth-order valence-corrected chi connectivity index (χ4v) is 10.4. The first-order valence-corrected chi connectivity index (χ1v) is 23.8. The van der Waals surface area contributed by atoms with Gasteiger partial charge in [-0.2, -0.15) is 21.4 Å². The average Bonchev–Trinajstić information content (AvgIpc) is 3.52. The maximum Gasteiger partial charge on any atom is 0.303 e. The molecule has 62 heavy (non-hydrogen) atoms. The summed E-state index contributed by atoms with van der Waals surface area (Å²) in [6.07, 6.45) is 12.2. The molecular formula is C45H53N2O12S3+. The molecule has 0 fully saturated rings. The molecule has 0 bridgehead atoms. The Balaban J connectivity index is 1.45. The second-order valence-corrected chi connectivity index (χ2v) is 20.5. The number of anilines is 1. The summed E-state index contributed by atoms with van der Waals surface area (Å²) in [6.45, 7) is 12.6. The minimum Gasteiger partial charge on any atom is -0.481 e. The molecule has 0 aromatic heterocycles. The highest BCUT2D eigenvalue weighted by atomic mass is 32.2. The summed E-state index contributed by atoms with van der Waals surface area (Å²) in [4.78, 5) is 13.7. The minimum absolute atomic E-state index is 0.0639. The van der Waals surface area contributed by atoms with E-state index in [1.165, 1.54) is 36.4 Å². The van der Waals surface area contributed by atoms with E-state index >= 15 is 0 Å². The molecule has 2 aliphatic heterocycles. The third-order valence-electron chi connectivity index (χ3n) is 11.9. The Hall–Kier alpha value is -4.59. The lowest BCUT2D eigenvalue weighted by Crippen LogP contribution is -2.27. The van der Waals surface area contributed by atoms with Gasteiger partial charge in [0.2, 0.25) is 5.69 Å². The lowest BCUT2D eigenvalue weighted by atomic mass is 9.80. The summed E-state index contributed by atoms with van der Waals surface area (Å²) in [5.74, 6) is 0.0830. The topological polar surface area (TPSA) is 200 Å². The lowest BCUT2D eigenvalue weighted by molar-refractivity contribution is -0.432. The molecule has 3 aliphatic rings. The van der Waals surface area contributed by atoms with Crippen molar-refractivity contribution in [3.05, 3.63) is 118 Å². The van der Waals surface area contributed by atoms with Crippen LogP contribution in [0.15, 0.2) is 110 Å². The van der Waals surface area contributed by atoms with Crippen LogP contribution >= 0.6 is 12.0 Å². The fraction of sp³-hybridized carbons (Fsp3) is 0.378. The zero-order valence-corrected chi connectivity index (χ0v) is 38.2. The zero-order chi connectivity index (χ0) is 45.4. The molecule has 0 amide bonds. The molecule has 3 aromatic carbocycles. The summed E-state index contributed by atoms with van der Waals surface area (Å²) < 4.78 is 81.7.